The van der Waals surface area contributed by atoms with Crippen molar-refractivity contribution < 1.29 is 0 Å². The van der Waals surface area contributed by atoms with Crippen LogP contribution in [0.15, 0.2) is 206 Å². The minimum Gasteiger partial charge on any atom is -0.294 e. The van der Waals surface area contributed by atoms with Crippen LogP contribution in [-0.2, 0) is 0 Å². The van der Waals surface area contributed by atoms with E-state index < -0.39 is 0 Å². The molecular weight excluding hydrogens is 789 g/mol. The van der Waals surface area contributed by atoms with Crippen molar-refractivity contribution in [3.8, 4) is 56.5 Å². The first-order valence-electron chi connectivity index (χ1n) is 21.0. The van der Waals surface area contributed by atoms with Gasteiger partial charge in [0.1, 0.15) is 16.9 Å². The van der Waals surface area contributed by atoms with Gasteiger partial charge in [0.25, 0.3) is 0 Å². The molecule has 6 nitrogen and oxygen atoms in total. The van der Waals surface area contributed by atoms with Crippen molar-refractivity contribution in [3.05, 3.63) is 206 Å². The molecule has 0 aliphatic rings. The lowest BCUT2D eigenvalue weighted by molar-refractivity contribution is 0.995. The van der Waals surface area contributed by atoms with Gasteiger partial charge in [-0.05, 0) is 95.1 Å². The zero-order valence-electron chi connectivity index (χ0n) is 33.7. The second kappa shape index (κ2) is 14.2. The Morgan fingerprint density at radius 2 is 0.857 bits per heavy atom. The molecule has 0 amide bonds. The Morgan fingerprint density at radius 3 is 1.51 bits per heavy atom. The van der Waals surface area contributed by atoms with E-state index in [1.807, 2.05) is 24.4 Å². The number of hydrogen-bond acceptors (Lipinski definition) is 5. The Labute approximate surface area is 365 Å². The molecule has 0 aliphatic carbocycles. The Hall–Kier alpha value is -8.26. The van der Waals surface area contributed by atoms with Crippen LogP contribution in [0.4, 0.5) is 0 Å². The lowest BCUT2D eigenvalue weighted by Gasteiger charge is -2.12. The molecule has 294 valence electrons. The van der Waals surface area contributed by atoms with Gasteiger partial charge in [0.2, 0.25) is 5.95 Å². The Bertz CT molecular complexity index is 3860. The molecule has 0 saturated heterocycles. The van der Waals surface area contributed by atoms with Gasteiger partial charge in [-0.15, -0.1) is 11.3 Å². The number of aromatic nitrogens is 6. The van der Waals surface area contributed by atoms with E-state index in [0.29, 0.717) is 5.95 Å². The molecule has 6 aromatic heterocycles. The number of thiophene rings is 1. The van der Waals surface area contributed by atoms with Gasteiger partial charge in [0, 0.05) is 38.9 Å². The summed E-state index contributed by atoms with van der Waals surface area (Å²) in [6.45, 7) is 0. The predicted molar refractivity (Wildman–Crippen MR) is 261 cm³/mol. The van der Waals surface area contributed by atoms with E-state index in [1.54, 1.807) is 11.3 Å². The van der Waals surface area contributed by atoms with Crippen molar-refractivity contribution in [3.63, 3.8) is 0 Å². The fourth-order valence-electron chi connectivity index (χ4n) is 9.28. The zero-order chi connectivity index (χ0) is 41.4. The second-order valence-corrected chi connectivity index (χ2v) is 17.0. The van der Waals surface area contributed by atoms with Gasteiger partial charge in [-0.25, -0.2) is 15.0 Å². The summed E-state index contributed by atoms with van der Waals surface area (Å²) in [6.07, 6.45) is 1.85. The molecular formula is C56H34N6S. The van der Waals surface area contributed by atoms with E-state index in [9.17, 15) is 0 Å². The molecule has 0 bridgehead atoms. The summed E-state index contributed by atoms with van der Waals surface area (Å²) in [7, 11) is 0. The van der Waals surface area contributed by atoms with Crippen molar-refractivity contribution in [2.24, 2.45) is 0 Å². The third kappa shape index (κ3) is 5.78. The molecule has 0 aliphatic heterocycles. The van der Waals surface area contributed by atoms with Crippen LogP contribution in [0.1, 0.15) is 0 Å². The highest BCUT2D eigenvalue weighted by atomic mass is 32.1. The van der Waals surface area contributed by atoms with E-state index in [2.05, 4.69) is 196 Å². The molecule has 0 atom stereocenters. The van der Waals surface area contributed by atoms with Crippen LogP contribution < -0.4 is 0 Å². The van der Waals surface area contributed by atoms with E-state index in [0.717, 1.165) is 104 Å². The van der Waals surface area contributed by atoms with Gasteiger partial charge in [-0.3, -0.25) is 14.1 Å². The van der Waals surface area contributed by atoms with E-state index in [-0.39, 0.29) is 0 Å². The van der Waals surface area contributed by atoms with Gasteiger partial charge in [0.05, 0.1) is 42.9 Å². The highest BCUT2D eigenvalue weighted by Gasteiger charge is 2.19. The van der Waals surface area contributed by atoms with E-state index in [4.69, 9.17) is 15.0 Å². The average Bonchev–Trinajstić information content (AvgIpc) is 4.01. The van der Waals surface area contributed by atoms with Crippen molar-refractivity contribution in [2.45, 2.75) is 0 Å². The summed E-state index contributed by atoms with van der Waals surface area (Å²) in [5.41, 5.74) is 14.7. The van der Waals surface area contributed by atoms with Crippen molar-refractivity contribution in [1.82, 2.24) is 29.1 Å². The number of pyridine rings is 2. The largest absolute Gasteiger partial charge is 0.294 e. The van der Waals surface area contributed by atoms with Gasteiger partial charge in [-0.1, -0.05) is 127 Å². The third-order valence-electron chi connectivity index (χ3n) is 12.2. The third-order valence-corrected chi connectivity index (χ3v) is 13.3. The molecule has 0 unspecified atom stereocenters. The van der Waals surface area contributed by atoms with E-state index in [1.165, 1.54) is 10.8 Å². The maximum Gasteiger partial charge on any atom is 0.235 e. The number of rotatable bonds is 6. The molecule has 0 saturated carbocycles. The number of benzene rings is 7. The molecule has 63 heavy (non-hydrogen) atoms. The number of para-hydroxylation sites is 2. The first-order chi connectivity index (χ1) is 31.2. The van der Waals surface area contributed by atoms with Crippen LogP contribution in [-0.4, -0.2) is 29.1 Å². The summed E-state index contributed by atoms with van der Waals surface area (Å²) in [4.78, 5) is 20.4. The SMILES string of the molecule is c1ccc(-c2cc(-c3ccccc3)nc(-n3c4ccccc4c4cc(-c5cccc(-c6ccc7c(c6)c6ccccc6n7-c6ccc7sc8cccnc8c7n6)c5)ccc43)n2)cc1. The predicted octanol–water partition coefficient (Wildman–Crippen LogP) is 14.5. The van der Waals surface area contributed by atoms with Crippen LogP contribution in [0.25, 0.3) is 121 Å². The number of hydrogen-bond donors (Lipinski definition) is 0. The van der Waals surface area contributed by atoms with Gasteiger partial charge < -0.3 is 0 Å². The van der Waals surface area contributed by atoms with Crippen LogP contribution in [0, 0.1) is 0 Å². The highest BCUT2D eigenvalue weighted by Crippen LogP contribution is 2.39. The van der Waals surface area contributed by atoms with Crippen molar-refractivity contribution in [1.29, 1.82) is 0 Å². The van der Waals surface area contributed by atoms with E-state index >= 15 is 0 Å². The summed E-state index contributed by atoms with van der Waals surface area (Å²) >= 11 is 1.73. The Balaban J connectivity index is 0.920. The normalized spacial score (nSPS) is 11.8. The Morgan fingerprint density at radius 1 is 0.333 bits per heavy atom. The second-order valence-electron chi connectivity index (χ2n) is 15.9. The molecule has 0 spiro atoms. The smallest absolute Gasteiger partial charge is 0.235 e. The minimum absolute atomic E-state index is 0.640. The topological polar surface area (TPSA) is 61.4 Å². The van der Waals surface area contributed by atoms with Crippen LogP contribution >= 0.6 is 11.3 Å². The first-order valence-corrected chi connectivity index (χ1v) is 21.9. The van der Waals surface area contributed by atoms with Crippen molar-refractivity contribution in [2.75, 3.05) is 0 Å². The summed E-state index contributed by atoms with van der Waals surface area (Å²) in [6, 6.07) is 70.9. The number of nitrogens with zero attached hydrogens (tertiary/aromatic N) is 6. The van der Waals surface area contributed by atoms with Crippen LogP contribution in [0.5, 0.6) is 0 Å². The standard InChI is InChI=1S/C56H34N6S/c1-3-13-35(14-4-1)45-34-46(36-15-5-2-6-16-36)59-56(58-45)62-48-22-10-8-20-42(48)44-33-40(25-27-50(44)62)38-18-11-17-37(31-38)39-24-26-49-43(32-39)41-19-7-9-21-47(41)61(49)53-29-28-52-55(60-53)54-51(63-52)23-12-30-57-54/h1-34H. The molecule has 7 aromatic carbocycles. The monoisotopic (exact) mass is 822 g/mol. The average molecular weight is 823 g/mol. The zero-order valence-corrected chi connectivity index (χ0v) is 34.5. The lowest BCUT2D eigenvalue weighted by atomic mass is 9.97. The first kappa shape index (κ1) is 35.5. The number of fused-ring (bicyclic) bond motifs is 9. The van der Waals surface area contributed by atoms with Gasteiger partial charge >= 0.3 is 0 Å². The van der Waals surface area contributed by atoms with Gasteiger partial charge in [0.15, 0.2) is 0 Å². The molecule has 13 rings (SSSR count). The molecule has 0 fully saturated rings. The molecule has 0 N–H and O–H groups in total. The molecule has 6 heterocycles. The lowest BCUT2D eigenvalue weighted by Crippen LogP contribution is -2.03. The van der Waals surface area contributed by atoms with Crippen molar-refractivity contribution >= 4 is 75.4 Å². The quantitative estimate of drug-likeness (QED) is 0.168. The molecule has 0 radical (unpaired) electrons. The summed E-state index contributed by atoms with van der Waals surface area (Å²) < 4.78 is 6.78. The van der Waals surface area contributed by atoms with Gasteiger partial charge in [-0.2, -0.15) is 0 Å². The maximum atomic E-state index is 5.23. The van der Waals surface area contributed by atoms with Crippen LogP contribution in [0.2, 0.25) is 0 Å². The summed E-state index contributed by atoms with van der Waals surface area (Å²) in [5, 5.41) is 4.68. The molecule has 13 aromatic rings. The fraction of sp³-hybridized carbons (Fsp3) is 0. The van der Waals surface area contributed by atoms with Crippen LogP contribution in [0.3, 0.4) is 0 Å². The maximum absolute atomic E-state index is 5.23. The molecule has 7 heteroatoms. The fourth-order valence-corrected chi connectivity index (χ4v) is 10.3. The highest BCUT2D eigenvalue weighted by molar-refractivity contribution is 7.25. The summed E-state index contributed by atoms with van der Waals surface area (Å²) in [5.74, 6) is 1.53. The Kier molecular flexibility index (Phi) is 7.98. The minimum atomic E-state index is 0.640.